The van der Waals surface area contributed by atoms with Crippen molar-refractivity contribution in [1.82, 2.24) is 10.0 Å². The molecule has 10 heteroatoms. The fourth-order valence-electron chi connectivity index (χ4n) is 2.99. The van der Waals surface area contributed by atoms with Crippen LogP contribution in [0.3, 0.4) is 0 Å². The van der Waals surface area contributed by atoms with E-state index in [1.54, 1.807) is 18.2 Å². The average Bonchev–Trinajstić information content (AvgIpc) is 3.09. The SMILES string of the molecule is O=C(NC(=S)Nc1ccc(S(=O)(=O)NC2CCCCC2)cc1)c1ccc(Br)o1. The zero-order valence-corrected chi connectivity index (χ0v) is 18.1. The maximum absolute atomic E-state index is 12.5. The maximum Gasteiger partial charge on any atom is 0.293 e. The molecule has 0 radical (unpaired) electrons. The Hall–Kier alpha value is -1.75. The number of sulfonamides is 1. The lowest BCUT2D eigenvalue weighted by Crippen LogP contribution is -2.36. The Balaban J connectivity index is 1.57. The van der Waals surface area contributed by atoms with E-state index < -0.39 is 15.9 Å². The van der Waals surface area contributed by atoms with Crippen LogP contribution in [-0.4, -0.2) is 25.5 Å². The number of thiocarbonyl (C=S) groups is 1. The van der Waals surface area contributed by atoms with E-state index in [-0.39, 0.29) is 21.8 Å². The number of nitrogens with one attached hydrogen (secondary N) is 3. The Labute approximate surface area is 177 Å². The number of anilines is 1. The van der Waals surface area contributed by atoms with Crippen LogP contribution < -0.4 is 15.4 Å². The summed E-state index contributed by atoms with van der Waals surface area (Å²) in [6.07, 6.45) is 5.01. The van der Waals surface area contributed by atoms with Crippen LogP contribution in [0.5, 0.6) is 0 Å². The highest BCUT2D eigenvalue weighted by Gasteiger charge is 2.21. The Morgan fingerprint density at radius 3 is 2.36 bits per heavy atom. The number of hydrogen-bond donors (Lipinski definition) is 3. The van der Waals surface area contributed by atoms with Crippen molar-refractivity contribution in [2.75, 3.05) is 5.32 Å². The number of benzene rings is 1. The summed E-state index contributed by atoms with van der Waals surface area (Å²) in [7, 11) is -3.56. The Morgan fingerprint density at radius 2 is 1.75 bits per heavy atom. The van der Waals surface area contributed by atoms with Gasteiger partial charge in [0.05, 0.1) is 4.90 Å². The first-order valence-electron chi connectivity index (χ1n) is 8.83. The monoisotopic (exact) mass is 485 g/mol. The zero-order chi connectivity index (χ0) is 20.1. The lowest BCUT2D eigenvalue weighted by Gasteiger charge is -2.22. The van der Waals surface area contributed by atoms with E-state index >= 15 is 0 Å². The van der Waals surface area contributed by atoms with Crippen LogP contribution >= 0.6 is 28.1 Å². The predicted octanol–water partition coefficient (Wildman–Crippen LogP) is 3.78. The third kappa shape index (κ3) is 5.63. The van der Waals surface area contributed by atoms with Gasteiger partial charge >= 0.3 is 0 Å². The highest BCUT2D eigenvalue weighted by atomic mass is 79.9. The highest BCUT2D eigenvalue weighted by Crippen LogP contribution is 2.21. The summed E-state index contributed by atoms with van der Waals surface area (Å²) < 4.78 is 33.4. The normalized spacial score (nSPS) is 15.2. The van der Waals surface area contributed by atoms with Gasteiger partial charge in [0.2, 0.25) is 10.0 Å². The van der Waals surface area contributed by atoms with E-state index in [0.717, 1.165) is 32.1 Å². The van der Waals surface area contributed by atoms with E-state index in [1.165, 1.54) is 18.2 Å². The number of carbonyl (C=O) groups is 1. The predicted molar refractivity (Wildman–Crippen MR) is 114 cm³/mol. The van der Waals surface area contributed by atoms with E-state index in [4.69, 9.17) is 16.6 Å². The number of amides is 1. The Kier molecular flexibility index (Phi) is 6.86. The molecule has 3 N–H and O–H groups in total. The summed E-state index contributed by atoms with van der Waals surface area (Å²) in [6, 6.07) is 9.31. The molecule has 1 aromatic heterocycles. The lowest BCUT2D eigenvalue weighted by molar-refractivity contribution is 0.0949. The molecule has 1 heterocycles. The Bertz CT molecular complexity index is 951. The van der Waals surface area contributed by atoms with Crippen LogP contribution in [-0.2, 0) is 10.0 Å². The molecule has 28 heavy (non-hydrogen) atoms. The molecule has 1 amide bonds. The van der Waals surface area contributed by atoms with E-state index in [9.17, 15) is 13.2 Å². The van der Waals surface area contributed by atoms with E-state index in [2.05, 4.69) is 31.3 Å². The quantitative estimate of drug-likeness (QED) is 0.557. The Morgan fingerprint density at radius 1 is 1.07 bits per heavy atom. The van der Waals surface area contributed by atoms with Crippen molar-refractivity contribution in [3.05, 3.63) is 46.8 Å². The van der Waals surface area contributed by atoms with Crippen LogP contribution in [0.4, 0.5) is 5.69 Å². The minimum atomic E-state index is -3.56. The standard InChI is InChI=1S/C18H20BrN3O4S2/c19-16-11-10-15(26-16)17(23)21-18(27)20-12-6-8-14(9-7-12)28(24,25)22-13-4-2-1-3-5-13/h6-11,13,22H,1-5H2,(H2,20,21,23,27). The van der Waals surface area contributed by atoms with Gasteiger partial charge in [-0.1, -0.05) is 19.3 Å². The number of furan rings is 1. The number of rotatable bonds is 5. The molecule has 3 rings (SSSR count). The van der Waals surface area contributed by atoms with Gasteiger partial charge in [-0.05, 0) is 77.4 Å². The van der Waals surface area contributed by atoms with Gasteiger partial charge in [0.25, 0.3) is 5.91 Å². The van der Waals surface area contributed by atoms with E-state index in [1.807, 2.05) is 0 Å². The minimum Gasteiger partial charge on any atom is -0.444 e. The van der Waals surface area contributed by atoms with Crippen molar-refractivity contribution < 1.29 is 17.6 Å². The van der Waals surface area contributed by atoms with E-state index in [0.29, 0.717) is 10.4 Å². The third-order valence-corrected chi connectivity index (χ3v) is 6.54. The van der Waals surface area contributed by atoms with Crippen LogP contribution in [0, 0.1) is 0 Å². The fraction of sp³-hybridized carbons (Fsp3) is 0.333. The second-order valence-electron chi connectivity index (χ2n) is 6.49. The maximum atomic E-state index is 12.5. The van der Waals surface area contributed by atoms with Crippen molar-refractivity contribution in [3.63, 3.8) is 0 Å². The zero-order valence-electron chi connectivity index (χ0n) is 14.9. The summed E-state index contributed by atoms with van der Waals surface area (Å²) in [5.41, 5.74) is 0.558. The average molecular weight is 486 g/mol. The van der Waals surface area contributed by atoms with Crippen molar-refractivity contribution >= 4 is 54.9 Å². The molecule has 0 bridgehead atoms. The molecule has 7 nitrogen and oxygen atoms in total. The molecule has 150 valence electrons. The first-order chi connectivity index (χ1) is 13.3. The molecule has 0 aliphatic heterocycles. The van der Waals surface area contributed by atoms with Crippen LogP contribution in [0.25, 0.3) is 0 Å². The van der Waals surface area contributed by atoms with Gasteiger partial charge in [-0.3, -0.25) is 10.1 Å². The number of carbonyl (C=O) groups excluding carboxylic acids is 1. The van der Waals surface area contributed by atoms with Gasteiger partial charge in [-0.25, -0.2) is 13.1 Å². The molecule has 0 spiro atoms. The summed E-state index contributed by atoms with van der Waals surface area (Å²) in [4.78, 5) is 12.2. The van der Waals surface area contributed by atoms with Gasteiger partial charge in [-0.2, -0.15) is 0 Å². The van der Waals surface area contributed by atoms with Gasteiger partial charge in [0, 0.05) is 11.7 Å². The molecular weight excluding hydrogens is 466 g/mol. The lowest BCUT2D eigenvalue weighted by atomic mass is 9.96. The van der Waals surface area contributed by atoms with Gasteiger partial charge in [0.15, 0.2) is 15.5 Å². The van der Waals surface area contributed by atoms with Crippen LogP contribution in [0.1, 0.15) is 42.7 Å². The first-order valence-corrected chi connectivity index (χ1v) is 11.5. The molecular formula is C18H20BrN3O4S2. The van der Waals surface area contributed by atoms with Gasteiger partial charge in [-0.15, -0.1) is 0 Å². The molecule has 1 aliphatic carbocycles. The molecule has 1 saturated carbocycles. The van der Waals surface area contributed by atoms with Crippen LogP contribution in [0.15, 0.2) is 50.4 Å². The van der Waals surface area contributed by atoms with Crippen molar-refractivity contribution in [2.24, 2.45) is 0 Å². The van der Waals surface area contributed by atoms with Gasteiger partial charge < -0.3 is 9.73 Å². The van der Waals surface area contributed by atoms with Crippen molar-refractivity contribution in [2.45, 2.75) is 43.0 Å². The molecule has 1 aliphatic rings. The minimum absolute atomic E-state index is 0.000907. The summed E-state index contributed by atoms with van der Waals surface area (Å²) in [5.74, 6) is -0.370. The largest absolute Gasteiger partial charge is 0.444 e. The van der Waals surface area contributed by atoms with Gasteiger partial charge in [0.1, 0.15) is 0 Å². The first kappa shape index (κ1) is 21.0. The number of hydrogen-bond acceptors (Lipinski definition) is 5. The molecule has 0 unspecified atom stereocenters. The second kappa shape index (κ2) is 9.17. The molecule has 1 fully saturated rings. The van der Waals surface area contributed by atoms with Crippen LogP contribution in [0.2, 0.25) is 0 Å². The topological polar surface area (TPSA) is 100 Å². The summed E-state index contributed by atoms with van der Waals surface area (Å²) in [6.45, 7) is 0. The van der Waals surface area contributed by atoms with Crippen molar-refractivity contribution in [3.8, 4) is 0 Å². The second-order valence-corrected chi connectivity index (χ2v) is 9.40. The van der Waals surface area contributed by atoms with Crippen molar-refractivity contribution in [1.29, 1.82) is 0 Å². The summed E-state index contributed by atoms with van der Waals surface area (Å²) >= 11 is 8.23. The molecule has 0 saturated heterocycles. The molecule has 0 atom stereocenters. The third-order valence-electron chi connectivity index (χ3n) is 4.37. The summed E-state index contributed by atoms with van der Waals surface area (Å²) in [5, 5.41) is 5.41. The fourth-order valence-corrected chi connectivity index (χ4v) is 4.81. The highest BCUT2D eigenvalue weighted by molar-refractivity contribution is 9.10. The molecule has 2 aromatic rings. The molecule has 1 aromatic carbocycles. The smallest absolute Gasteiger partial charge is 0.293 e. The number of halogens is 1.